The lowest BCUT2D eigenvalue weighted by Gasteiger charge is -2.41. The van der Waals surface area contributed by atoms with Gasteiger partial charge in [-0.3, -0.25) is 4.90 Å². The van der Waals surface area contributed by atoms with Gasteiger partial charge in [0.05, 0.1) is 0 Å². The number of nitrogens with zero attached hydrogens (tertiary/aromatic N) is 1. The topological polar surface area (TPSA) is 15.3 Å². The summed E-state index contributed by atoms with van der Waals surface area (Å²) in [5.41, 5.74) is 2.87. The van der Waals surface area contributed by atoms with Crippen LogP contribution in [-0.4, -0.2) is 31.1 Å². The first-order valence-corrected chi connectivity index (χ1v) is 8.84. The molecule has 0 unspecified atom stereocenters. The van der Waals surface area contributed by atoms with Gasteiger partial charge in [-0.05, 0) is 48.9 Å². The highest BCUT2D eigenvalue weighted by Gasteiger charge is 2.31. The van der Waals surface area contributed by atoms with E-state index in [0.29, 0.717) is 6.04 Å². The monoisotopic (exact) mass is 378 g/mol. The van der Waals surface area contributed by atoms with Gasteiger partial charge in [0.2, 0.25) is 0 Å². The molecule has 23 heavy (non-hydrogen) atoms. The predicted octanol–water partition coefficient (Wildman–Crippen LogP) is 5.02. The van der Waals surface area contributed by atoms with Crippen molar-refractivity contribution in [3.05, 3.63) is 34.3 Å². The lowest BCUT2D eigenvalue weighted by Crippen LogP contribution is -2.47. The number of piperazine rings is 1. The van der Waals surface area contributed by atoms with Crippen molar-refractivity contribution in [3.8, 4) is 0 Å². The lowest BCUT2D eigenvalue weighted by atomic mass is 9.79. The van der Waals surface area contributed by atoms with E-state index in [1.54, 1.807) is 0 Å². The van der Waals surface area contributed by atoms with E-state index in [4.69, 9.17) is 11.6 Å². The van der Waals surface area contributed by atoms with Gasteiger partial charge in [0.15, 0.2) is 0 Å². The molecule has 1 aliphatic carbocycles. The third kappa shape index (κ3) is 5.24. The molecule has 2 aliphatic rings. The number of benzene rings is 1. The molecule has 0 radical (unpaired) electrons. The van der Waals surface area contributed by atoms with Crippen LogP contribution in [0, 0.1) is 12.8 Å². The van der Waals surface area contributed by atoms with Crippen LogP contribution in [-0.2, 0) is 0 Å². The van der Waals surface area contributed by atoms with E-state index in [1.807, 2.05) is 0 Å². The van der Waals surface area contributed by atoms with Crippen molar-refractivity contribution in [1.29, 1.82) is 0 Å². The molecule has 5 heteroatoms. The maximum absolute atomic E-state index is 6.17. The molecule has 0 bridgehead atoms. The van der Waals surface area contributed by atoms with Crippen LogP contribution in [0.3, 0.4) is 0 Å². The summed E-state index contributed by atoms with van der Waals surface area (Å²) in [6.07, 6.45) is 7.00. The Balaban J connectivity index is 0.00000132. The first-order chi connectivity index (χ1) is 10.3. The fourth-order valence-electron chi connectivity index (χ4n) is 4.13. The van der Waals surface area contributed by atoms with Gasteiger partial charge in [-0.25, -0.2) is 0 Å². The molecule has 1 aromatic carbocycles. The van der Waals surface area contributed by atoms with Gasteiger partial charge in [0, 0.05) is 37.2 Å². The highest BCUT2D eigenvalue weighted by atomic mass is 35.5. The zero-order chi connectivity index (χ0) is 14.7. The van der Waals surface area contributed by atoms with Crippen LogP contribution in [0.1, 0.15) is 49.3 Å². The molecule has 1 saturated carbocycles. The molecule has 132 valence electrons. The minimum atomic E-state index is 0. The Kier molecular flexibility index (Phi) is 9.25. The minimum Gasteiger partial charge on any atom is -0.314 e. The molecule has 1 atom stereocenters. The zero-order valence-electron chi connectivity index (χ0n) is 13.9. The van der Waals surface area contributed by atoms with E-state index in [9.17, 15) is 0 Å². The summed E-state index contributed by atoms with van der Waals surface area (Å²) >= 11 is 6.17. The average Bonchev–Trinajstić information content (AvgIpc) is 2.52. The first-order valence-electron chi connectivity index (χ1n) is 8.46. The molecule has 3 rings (SSSR count). The van der Waals surface area contributed by atoms with Crippen molar-refractivity contribution in [2.75, 3.05) is 26.2 Å². The van der Waals surface area contributed by atoms with Crippen LogP contribution in [0.2, 0.25) is 5.02 Å². The zero-order valence-corrected chi connectivity index (χ0v) is 16.3. The summed E-state index contributed by atoms with van der Waals surface area (Å²) < 4.78 is 0. The van der Waals surface area contributed by atoms with Crippen LogP contribution in [0.4, 0.5) is 0 Å². The first kappa shape index (κ1) is 21.1. The summed E-state index contributed by atoms with van der Waals surface area (Å²) in [5, 5.41) is 4.35. The van der Waals surface area contributed by atoms with Crippen LogP contribution in [0.5, 0.6) is 0 Å². The highest BCUT2D eigenvalue weighted by Crippen LogP contribution is 2.40. The van der Waals surface area contributed by atoms with Crippen molar-refractivity contribution in [1.82, 2.24) is 10.2 Å². The number of nitrogens with one attached hydrogen (secondary N) is 1. The van der Waals surface area contributed by atoms with Crippen LogP contribution < -0.4 is 5.32 Å². The fourth-order valence-corrected chi connectivity index (χ4v) is 4.36. The van der Waals surface area contributed by atoms with Gasteiger partial charge in [-0.1, -0.05) is 36.9 Å². The molecular formula is C18H29Cl3N2. The number of rotatable bonds is 3. The number of halogens is 3. The Morgan fingerprint density at radius 2 is 1.74 bits per heavy atom. The maximum atomic E-state index is 6.17. The molecule has 1 aromatic rings. The smallest absolute Gasteiger partial charge is 0.0408 e. The molecule has 0 spiro atoms. The lowest BCUT2D eigenvalue weighted by molar-refractivity contribution is 0.103. The van der Waals surface area contributed by atoms with Crippen molar-refractivity contribution >= 4 is 36.4 Å². The second-order valence-electron chi connectivity index (χ2n) is 6.63. The van der Waals surface area contributed by atoms with Gasteiger partial charge in [-0.15, -0.1) is 24.8 Å². The SMILES string of the molecule is Cc1cc(Cl)ccc1[C@@H](C1CCCCC1)N1CCNCC1.Cl.Cl. The van der Waals surface area contributed by atoms with E-state index in [1.165, 1.54) is 56.3 Å². The summed E-state index contributed by atoms with van der Waals surface area (Å²) in [5.74, 6) is 0.816. The molecular weight excluding hydrogens is 351 g/mol. The van der Waals surface area contributed by atoms with Gasteiger partial charge in [0.1, 0.15) is 0 Å². The summed E-state index contributed by atoms with van der Waals surface area (Å²) in [7, 11) is 0. The van der Waals surface area contributed by atoms with Gasteiger partial charge in [0.25, 0.3) is 0 Å². The van der Waals surface area contributed by atoms with Crippen molar-refractivity contribution in [3.63, 3.8) is 0 Å². The van der Waals surface area contributed by atoms with Gasteiger partial charge >= 0.3 is 0 Å². The molecule has 1 N–H and O–H groups in total. The van der Waals surface area contributed by atoms with E-state index in [2.05, 4.69) is 35.3 Å². The van der Waals surface area contributed by atoms with E-state index in [-0.39, 0.29) is 24.8 Å². The molecule has 0 amide bonds. The summed E-state index contributed by atoms with van der Waals surface area (Å²) in [6.45, 7) is 6.80. The van der Waals surface area contributed by atoms with Crippen LogP contribution in [0.25, 0.3) is 0 Å². The van der Waals surface area contributed by atoms with E-state index in [0.717, 1.165) is 24.0 Å². The third-order valence-corrected chi connectivity index (χ3v) is 5.43. The van der Waals surface area contributed by atoms with Crippen molar-refractivity contribution < 1.29 is 0 Å². The third-order valence-electron chi connectivity index (χ3n) is 5.19. The Hall–Kier alpha value is 0.01000. The quantitative estimate of drug-likeness (QED) is 0.793. The molecule has 1 aliphatic heterocycles. The largest absolute Gasteiger partial charge is 0.314 e. The average molecular weight is 380 g/mol. The maximum Gasteiger partial charge on any atom is 0.0408 e. The summed E-state index contributed by atoms with van der Waals surface area (Å²) in [6, 6.07) is 7.07. The summed E-state index contributed by atoms with van der Waals surface area (Å²) in [4.78, 5) is 2.71. The Labute approximate surface area is 158 Å². The standard InChI is InChI=1S/C18H27ClN2.2ClH/c1-14-13-16(19)7-8-17(14)18(15-5-3-2-4-6-15)21-11-9-20-10-12-21;;/h7-8,13,15,18,20H,2-6,9-12H2,1H3;2*1H/t18-;;/m1../s1. The van der Waals surface area contributed by atoms with Crippen molar-refractivity contribution in [2.45, 2.75) is 45.1 Å². The highest BCUT2D eigenvalue weighted by molar-refractivity contribution is 6.30. The van der Waals surface area contributed by atoms with Gasteiger partial charge in [-0.2, -0.15) is 0 Å². The predicted molar refractivity (Wildman–Crippen MR) is 104 cm³/mol. The van der Waals surface area contributed by atoms with Crippen LogP contribution in [0.15, 0.2) is 18.2 Å². The Bertz CT molecular complexity index is 451. The van der Waals surface area contributed by atoms with Crippen molar-refractivity contribution in [2.24, 2.45) is 5.92 Å². The molecule has 1 saturated heterocycles. The second kappa shape index (κ2) is 10.1. The molecule has 1 heterocycles. The molecule has 2 nitrogen and oxygen atoms in total. The number of aryl methyl sites for hydroxylation is 1. The molecule has 2 fully saturated rings. The van der Waals surface area contributed by atoms with E-state index < -0.39 is 0 Å². The fraction of sp³-hybridized carbons (Fsp3) is 0.667. The van der Waals surface area contributed by atoms with Gasteiger partial charge < -0.3 is 5.32 Å². The Morgan fingerprint density at radius 1 is 1.09 bits per heavy atom. The van der Waals surface area contributed by atoms with Crippen LogP contribution >= 0.6 is 36.4 Å². The minimum absolute atomic E-state index is 0. The molecule has 0 aromatic heterocycles. The van der Waals surface area contributed by atoms with E-state index >= 15 is 0 Å². The number of hydrogen-bond acceptors (Lipinski definition) is 2. The normalized spacial score (nSPS) is 21.1. The Morgan fingerprint density at radius 3 is 2.35 bits per heavy atom. The second-order valence-corrected chi connectivity index (χ2v) is 7.07. The number of hydrogen-bond donors (Lipinski definition) is 1.